The third-order valence-corrected chi connectivity index (χ3v) is 4.73. The van der Waals surface area contributed by atoms with Gasteiger partial charge in [-0.1, -0.05) is 0 Å². The highest BCUT2D eigenvalue weighted by atomic mass is 32.2. The number of aryl methyl sites for hydroxylation is 1. The van der Waals surface area contributed by atoms with Gasteiger partial charge in [0.05, 0.1) is 11.2 Å². The van der Waals surface area contributed by atoms with Crippen molar-refractivity contribution in [2.24, 2.45) is 0 Å². The molecule has 0 fully saturated rings. The number of H-pyrrole nitrogens is 1. The molecule has 7 nitrogen and oxygen atoms in total. The van der Waals surface area contributed by atoms with E-state index in [-0.39, 0.29) is 17.3 Å². The second kappa shape index (κ2) is 5.04. The molecule has 98 valence electrons. The van der Waals surface area contributed by atoms with Crippen molar-refractivity contribution in [3.63, 3.8) is 0 Å². The van der Waals surface area contributed by atoms with Gasteiger partial charge in [-0.15, -0.1) is 11.3 Å². The van der Waals surface area contributed by atoms with Crippen LogP contribution in [0.1, 0.15) is 10.7 Å². The molecule has 0 saturated carbocycles. The number of rotatable bonds is 5. The summed E-state index contributed by atoms with van der Waals surface area (Å²) in [6.45, 7) is 2.18. The van der Waals surface area contributed by atoms with E-state index < -0.39 is 10.0 Å². The monoisotopic (exact) mass is 287 g/mol. The minimum atomic E-state index is -3.60. The molecular weight excluding hydrogens is 274 g/mol. The first kappa shape index (κ1) is 13.0. The Labute approximate surface area is 108 Å². The number of anilines is 1. The van der Waals surface area contributed by atoms with Gasteiger partial charge < -0.3 is 5.73 Å². The van der Waals surface area contributed by atoms with Crippen LogP contribution in [0.15, 0.2) is 16.5 Å². The summed E-state index contributed by atoms with van der Waals surface area (Å²) < 4.78 is 26.1. The number of hydrogen-bond donors (Lipinski definition) is 3. The van der Waals surface area contributed by atoms with Gasteiger partial charge in [-0.3, -0.25) is 5.10 Å². The molecule has 9 heteroatoms. The van der Waals surface area contributed by atoms with Crippen LogP contribution in [0.25, 0.3) is 0 Å². The highest BCUT2D eigenvalue weighted by molar-refractivity contribution is 7.89. The maximum Gasteiger partial charge on any atom is 0.245 e. The minimum absolute atomic E-state index is 0.0298. The molecule has 0 aromatic carbocycles. The lowest BCUT2D eigenvalue weighted by Crippen LogP contribution is -2.26. The Balaban J connectivity index is 1.96. The van der Waals surface area contributed by atoms with E-state index >= 15 is 0 Å². The van der Waals surface area contributed by atoms with Crippen molar-refractivity contribution < 1.29 is 8.42 Å². The third kappa shape index (κ3) is 2.86. The maximum atomic E-state index is 11.8. The van der Waals surface area contributed by atoms with Crippen LogP contribution < -0.4 is 10.5 Å². The number of thiazole rings is 1. The van der Waals surface area contributed by atoms with Crippen molar-refractivity contribution >= 4 is 27.2 Å². The fourth-order valence-electron chi connectivity index (χ4n) is 1.39. The van der Waals surface area contributed by atoms with Crippen molar-refractivity contribution in [2.75, 3.05) is 12.3 Å². The summed E-state index contributed by atoms with van der Waals surface area (Å²) in [5, 5.41) is 8.79. The van der Waals surface area contributed by atoms with Gasteiger partial charge in [-0.05, 0) is 6.92 Å². The summed E-state index contributed by atoms with van der Waals surface area (Å²) in [4.78, 5) is 4.22. The van der Waals surface area contributed by atoms with Crippen LogP contribution >= 0.6 is 11.3 Å². The van der Waals surface area contributed by atoms with Crippen LogP contribution in [-0.2, 0) is 16.4 Å². The van der Waals surface area contributed by atoms with Crippen LogP contribution in [0.5, 0.6) is 0 Å². The van der Waals surface area contributed by atoms with Crippen molar-refractivity contribution in [1.82, 2.24) is 19.9 Å². The SMILES string of the molecule is Cc1csc(CCNS(=O)(=O)c2cn[nH]c2N)n1. The summed E-state index contributed by atoms with van der Waals surface area (Å²) in [7, 11) is -3.60. The fraction of sp³-hybridized carbons (Fsp3) is 0.333. The highest BCUT2D eigenvalue weighted by Crippen LogP contribution is 2.14. The molecule has 0 spiro atoms. The molecule has 2 heterocycles. The Morgan fingerprint density at radius 2 is 2.33 bits per heavy atom. The number of hydrogen-bond acceptors (Lipinski definition) is 6. The molecule has 0 amide bonds. The molecule has 0 atom stereocenters. The molecule has 0 aliphatic heterocycles. The van der Waals surface area contributed by atoms with E-state index in [2.05, 4.69) is 19.9 Å². The van der Waals surface area contributed by atoms with Gasteiger partial charge in [0, 0.05) is 24.0 Å². The molecule has 4 N–H and O–H groups in total. The van der Waals surface area contributed by atoms with Gasteiger partial charge in [0.1, 0.15) is 10.7 Å². The molecule has 0 saturated heterocycles. The van der Waals surface area contributed by atoms with E-state index in [0.29, 0.717) is 6.42 Å². The first-order chi connectivity index (χ1) is 8.49. The highest BCUT2D eigenvalue weighted by Gasteiger charge is 2.18. The Kier molecular flexibility index (Phi) is 3.64. The smallest absolute Gasteiger partial charge is 0.245 e. The van der Waals surface area contributed by atoms with Gasteiger partial charge in [0.15, 0.2) is 0 Å². The van der Waals surface area contributed by atoms with Crippen molar-refractivity contribution in [2.45, 2.75) is 18.2 Å². The molecule has 0 unspecified atom stereocenters. The average Bonchev–Trinajstić information content (AvgIpc) is 2.87. The van der Waals surface area contributed by atoms with Crippen molar-refractivity contribution in [3.05, 3.63) is 22.3 Å². The maximum absolute atomic E-state index is 11.8. The van der Waals surface area contributed by atoms with E-state index in [1.807, 2.05) is 12.3 Å². The number of nitrogens with one attached hydrogen (secondary N) is 2. The minimum Gasteiger partial charge on any atom is -0.383 e. The first-order valence-corrected chi connectivity index (χ1v) is 7.55. The Morgan fingerprint density at radius 3 is 2.89 bits per heavy atom. The van der Waals surface area contributed by atoms with Crippen LogP contribution in [0, 0.1) is 6.92 Å². The average molecular weight is 287 g/mol. The van der Waals surface area contributed by atoms with Crippen LogP contribution in [0.4, 0.5) is 5.82 Å². The molecule has 2 aromatic heterocycles. The molecule has 0 radical (unpaired) electrons. The summed E-state index contributed by atoms with van der Waals surface area (Å²) >= 11 is 1.51. The number of aromatic nitrogens is 3. The number of sulfonamides is 1. The van der Waals surface area contributed by atoms with Gasteiger partial charge in [-0.2, -0.15) is 5.10 Å². The zero-order valence-corrected chi connectivity index (χ0v) is 11.3. The zero-order chi connectivity index (χ0) is 13.2. The van der Waals surface area contributed by atoms with Crippen LogP contribution in [-0.4, -0.2) is 30.1 Å². The number of aromatic amines is 1. The number of nitrogens with two attached hydrogens (primary N) is 1. The lowest BCUT2D eigenvalue weighted by atomic mass is 10.4. The molecule has 2 aromatic rings. The largest absolute Gasteiger partial charge is 0.383 e. The van der Waals surface area contributed by atoms with E-state index in [1.54, 1.807) is 0 Å². The standard InChI is InChI=1S/C9H13N5O2S2/c1-6-5-17-8(13-6)2-3-12-18(15,16)7-4-11-14-9(7)10/h4-5,12H,2-3H2,1H3,(H3,10,11,14). The van der Waals surface area contributed by atoms with E-state index in [1.165, 1.54) is 17.5 Å². The third-order valence-electron chi connectivity index (χ3n) is 2.22. The van der Waals surface area contributed by atoms with Crippen molar-refractivity contribution in [3.8, 4) is 0 Å². The molecule has 0 aliphatic rings. The number of nitrogens with zero attached hydrogens (tertiary/aromatic N) is 2. The second-order valence-corrected chi connectivity index (χ2v) is 6.36. The predicted molar refractivity (Wildman–Crippen MR) is 68.7 cm³/mol. The fourth-order valence-corrected chi connectivity index (χ4v) is 3.22. The van der Waals surface area contributed by atoms with E-state index in [9.17, 15) is 8.42 Å². The summed E-state index contributed by atoms with van der Waals surface area (Å²) in [5.41, 5.74) is 6.41. The molecule has 0 aliphatic carbocycles. The van der Waals surface area contributed by atoms with Gasteiger partial charge in [0.25, 0.3) is 0 Å². The van der Waals surface area contributed by atoms with Gasteiger partial charge in [-0.25, -0.2) is 18.1 Å². The van der Waals surface area contributed by atoms with E-state index in [4.69, 9.17) is 5.73 Å². The predicted octanol–water partition coefficient (Wildman–Crippen LogP) is 0.278. The molecule has 2 rings (SSSR count). The normalized spacial score (nSPS) is 11.8. The summed E-state index contributed by atoms with van der Waals surface area (Å²) in [6.07, 6.45) is 1.74. The van der Waals surface area contributed by atoms with Gasteiger partial charge in [0.2, 0.25) is 10.0 Å². The number of nitrogen functional groups attached to an aromatic ring is 1. The topological polar surface area (TPSA) is 114 Å². The lowest BCUT2D eigenvalue weighted by Gasteiger charge is -2.03. The molecule has 18 heavy (non-hydrogen) atoms. The first-order valence-electron chi connectivity index (χ1n) is 5.18. The second-order valence-electron chi connectivity index (χ2n) is 3.68. The molecule has 0 bridgehead atoms. The van der Waals surface area contributed by atoms with Crippen molar-refractivity contribution in [1.29, 1.82) is 0 Å². The summed E-state index contributed by atoms with van der Waals surface area (Å²) in [5.74, 6) is 0.0348. The molecular formula is C9H13N5O2S2. The van der Waals surface area contributed by atoms with Crippen LogP contribution in [0.3, 0.4) is 0 Å². The zero-order valence-electron chi connectivity index (χ0n) is 9.67. The Bertz CT molecular complexity index is 631. The van der Waals surface area contributed by atoms with Gasteiger partial charge >= 0.3 is 0 Å². The lowest BCUT2D eigenvalue weighted by molar-refractivity contribution is 0.582. The summed E-state index contributed by atoms with van der Waals surface area (Å²) in [6, 6.07) is 0. The van der Waals surface area contributed by atoms with E-state index in [0.717, 1.165) is 10.7 Å². The Hall–Kier alpha value is -1.45. The van der Waals surface area contributed by atoms with Crippen LogP contribution in [0.2, 0.25) is 0 Å². The quantitative estimate of drug-likeness (QED) is 0.730. The Morgan fingerprint density at radius 1 is 1.56 bits per heavy atom.